The third-order valence-electron chi connectivity index (χ3n) is 5.13. The van der Waals surface area contributed by atoms with Gasteiger partial charge in [0, 0.05) is 46.7 Å². The van der Waals surface area contributed by atoms with E-state index in [0.717, 1.165) is 17.8 Å². The zero-order valence-corrected chi connectivity index (χ0v) is 27.5. The van der Waals surface area contributed by atoms with Crippen LogP contribution >= 0.6 is 45.2 Å². The predicted molar refractivity (Wildman–Crippen MR) is 179 cm³/mol. The van der Waals surface area contributed by atoms with Crippen molar-refractivity contribution in [3.8, 4) is 0 Å². The van der Waals surface area contributed by atoms with Gasteiger partial charge in [-0.2, -0.15) is 0 Å². The highest BCUT2D eigenvalue weighted by Crippen LogP contribution is 2.25. The fraction of sp³-hybridized carbons (Fsp3) is 0.160. The number of amides is 1. The van der Waals surface area contributed by atoms with E-state index in [1.807, 2.05) is 48.5 Å². The number of hydrogen-bond donors (Lipinski definition) is 4. The molecular weight excluding hydrogens is 784 g/mol. The zero-order valence-electron chi connectivity index (χ0n) is 23.2. The number of rotatable bonds is 7. The largest absolute Gasteiger partial charge is 0.370 e. The van der Waals surface area contributed by atoms with Gasteiger partial charge in [0.05, 0.1) is 0 Å². The van der Waals surface area contributed by atoms with Crippen molar-refractivity contribution in [2.45, 2.75) is 0 Å². The second-order valence-electron chi connectivity index (χ2n) is 8.50. The number of nitrogens with one attached hydrogen (secondary N) is 4. The summed E-state index contributed by atoms with van der Waals surface area (Å²) in [5.41, 5.74) is 3.32. The average Bonchev–Trinajstić information content (AvgIpc) is 3.68. The fourth-order valence-electron chi connectivity index (χ4n) is 3.14. The molecule has 0 spiro atoms. The van der Waals surface area contributed by atoms with Gasteiger partial charge >= 0.3 is 0 Å². The van der Waals surface area contributed by atoms with Crippen LogP contribution in [-0.2, 0) is 4.79 Å². The summed E-state index contributed by atoms with van der Waals surface area (Å²) in [5.74, 6) is 2.32. The molecule has 6 aromatic rings. The monoisotopic (exact) mass is 809 g/mol. The summed E-state index contributed by atoms with van der Waals surface area (Å²) in [4.78, 5) is 28.0. The number of carbonyl (C=O) groups excluding carboxylic acids is 1. The number of anilines is 6. The summed E-state index contributed by atoms with van der Waals surface area (Å²) in [7, 11) is 6.91. The van der Waals surface area contributed by atoms with Gasteiger partial charge in [0.25, 0.3) is 0 Å². The molecule has 0 saturated carbocycles. The van der Waals surface area contributed by atoms with Crippen molar-refractivity contribution in [2.75, 3.05) is 49.5 Å². The summed E-state index contributed by atoms with van der Waals surface area (Å²) < 4.78 is 11.5. The molecule has 4 heterocycles. The van der Waals surface area contributed by atoms with Crippen LogP contribution in [0.15, 0.2) is 57.8 Å². The van der Waals surface area contributed by atoms with Crippen molar-refractivity contribution in [3.05, 3.63) is 55.7 Å². The molecule has 0 aliphatic carbocycles. The highest BCUT2D eigenvalue weighted by Gasteiger charge is 2.13. The van der Waals surface area contributed by atoms with Gasteiger partial charge in [-0.3, -0.25) is 4.79 Å². The normalized spacial score (nSPS) is 10.2. The molecule has 18 heteroatoms. The first kappa shape index (κ1) is 31.5. The average molecular weight is 809 g/mol. The van der Waals surface area contributed by atoms with Crippen LogP contribution in [0.25, 0.3) is 22.6 Å². The van der Waals surface area contributed by atoms with Crippen LogP contribution in [0.4, 0.5) is 34.6 Å². The van der Waals surface area contributed by atoms with Crippen LogP contribution in [0.1, 0.15) is 0 Å². The number of fused-ring (bicyclic) bond motifs is 2. The van der Waals surface area contributed by atoms with Gasteiger partial charge < -0.3 is 26.2 Å². The van der Waals surface area contributed by atoms with E-state index in [4.69, 9.17) is 0 Å². The van der Waals surface area contributed by atoms with E-state index in [1.165, 1.54) is 12.0 Å². The molecule has 4 aromatic heterocycles. The maximum absolute atomic E-state index is 9.43. The standard InChI is InChI=1S/2C11H9IN6O.C3H7NO/c2*1-13-8-9(14-7-4-2-6(12)3-5-7)16-11-10(15-8)17-19-18-11;1-4(2)3-5/h2*2-5H,1H3,(H,13,15,17)(H,14,16,18);3H,1-2H3. The van der Waals surface area contributed by atoms with Gasteiger partial charge in [0.2, 0.25) is 29.0 Å². The zero-order chi connectivity index (χ0) is 30.8. The Morgan fingerprint density at radius 2 is 0.907 bits per heavy atom. The van der Waals surface area contributed by atoms with Crippen LogP contribution in [0.3, 0.4) is 0 Å². The first-order valence-electron chi connectivity index (χ1n) is 12.3. The second kappa shape index (κ2) is 15.1. The Morgan fingerprint density at radius 1 is 0.605 bits per heavy atom. The minimum absolute atomic E-state index is 0.368. The van der Waals surface area contributed by atoms with Crippen molar-refractivity contribution < 1.29 is 14.1 Å². The maximum atomic E-state index is 9.43. The Hall–Kier alpha value is -4.47. The molecule has 0 bridgehead atoms. The molecule has 2 aromatic carbocycles. The molecule has 0 fully saturated rings. The number of carbonyl (C=O) groups is 1. The third kappa shape index (κ3) is 8.76. The summed E-state index contributed by atoms with van der Waals surface area (Å²) in [5, 5.41) is 27.0. The molecule has 16 nitrogen and oxygen atoms in total. The van der Waals surface area contributed by atoms with Gasteiger partial charge in [-0.25, -0.2) is 29.2 Å². The highest BCUT2D eigenvalue weighted by molar-refractivity contribution is 14.1. The number of nitrogens with zero attached hydrogens (tertiary/aromatic N) is 9. The molecule has 0 atom stereocenters. The molecule has 4 N–H and O–H groups in total. The molecular formula is C25H25I2N13O3. The molecule has 43 heavy (non-hydrogen) atoms. The van der Waals surface area contributed by atoms with Crippen molar-refractivity contribution >= 4 is 109 Å². The van der Waals surface area contributed by atoms with Crippen molar-refractivity contribution in [2.24, 2.45) is 0 Å². The lowest BCUT2D eigenvalue weighted by Gasteiger charge is -2.09. The Labute approximate surface area is 272 Å². The van der Waals surface area contributed by atoms with Crippen LogP contribution in [0, 0.1) is 7.14 Å². The smallest absolute Gasteiger partial charge is 0.245 e. The van der Waals surface area contributed by atoms with Gasteiger partial charge in [-0.15, -0.1) is 0 Å². The predicted octanol–water partition coefficient (Wildman–Crippen LogP) is 4.51. The lowest BCUT2D eigenvalue weighted by molar-refractivity contribution is -0.115. The van der Waals surface area contributed by atoms with E-state index in [-0.39, 0.29) is 0 Å². The molecule has 0 aliphatic heterocycles. The Morgan fingerprint density at radius 3 is 1.19 bits per heavy atom. The van der Waals surface area contributed by atoms with Gasteiger partial charge in [-0.05, 0) is 114 Å². The van der Waals surface area contributed by atoms with Gasteiger partial charge in [0.1, 0.15) is 0 Å². The minimum atomic E-state index is 0.368. The quantitative estimate of drug-likeness (QED) is 0.130. The Balaban J connectivity index is 0.000000171. The van der Waals surface area contributed by atoms with E-state index in [2.05, 4.69) is 116 Å². The van der Waals surface area contributed by atoms with Crippen molar-refractivity contribution in [1.82, 2.24) is 45.5 Å². The summed E-state index contributed by atoms with van der Waals surface area (Å²) in [6.45, 7) is 0. The molecule has 0 saturated heterocycles. The summed E-state index contributed by atoms with van der Waals surface area (Å²) >= 11 is 4.51. The number of aromatic nitrogens is 8. The van der Waals surface area contributed by atoms with Crippen molar-refractivity contribution in [3.63, 3.8) is 0 Å². The summed E-state index contributed by atoms with van der Waals surface area (Å²) in [6.07, 6.45) is 0.750. The first-order chi connectivity index (χ1) is 20.8. The van der Waals surface area contributed by atoms with E-state index < -0.39 is 0 Å². The minimum Gasteiger partial charge on any atom is -0.370 e. The first-order valence-corrected chi connectivity index (χ1v) is 14.5. The van der Waals surface area contributed by atoms with Crippen LogP contribution in [-0.4, -0.2) is 80.1 Å². The number of halogens is 2. The lowest BCUT2D eigenvalue weighted by atomic mass is 10.3. The fourth-order valence-corrected chi connectivity index (χ4v) is 3.86. The molecule has 0 unspecified atom stereocenters. The van der Waals surface area contributed by atoms with Gasteiger partial charge in [0.15, 0.2) is 23.3 Å². The van der Waals surface area contributed by atoms with E-state index >= 15 is 0 Å². The van der Waals surface area contributed by atoms with E-state index in [9.17, 15) is 4.79 Å². The van der Waals surface area contributed by atoms with E-state index in [0.29, 0.717) is 45.9 Å². The summed E-state index contributed by atoms with van der Waals surface area (Å²) in [6, 6.07) is 15.9. The second-order valence-corrected chi connectivity index (χ2v) is 11.0. The Kier molecular flexibility index (Phi) is 11.1. The molecule has 1 amide bonds. The van der Waals surface area contributed by atoms with Crippen LogP contribution < -0.4 is 21.3 Å². The topological polar surface area (TPSA) is 198 Å². The SMILES string of the molecule is CN(C)C=O.CNc1nc2nonc2nc1Nc1ccc(I)cc1.CNc1nc2nonc2nc1Nc1ccc(I)cc1. The Bertz CT molecular complexity index is 1650. The number of hydrogen-bond acceptors (Lipinski definition) is 15. The molecule has 222 valence electrons. The molecule has 0 aliphatic rings. The van der Waals surface area contributed by atoms with Crippen LogP contribution in [0.5, 0.6) is 0 Å². The highest BCUT2D eigenvalue weighted by atomic mass is 127. The van der Waals surface area contributed by atoms with Crippen molar-refractivity contribution in [1.29, 1.82) is 0 Å². The lowest BCUT2D eigenvalue weighted by Crippen LogP contribution is -2.06. The maximum Gasteiger partial charge on any atom is 0.245 e. The number of benzene rings is 2. The molecule has 6 rings (SSSR count). The third-order valence-corrected chi connectivity index (χ3v) is 6.57. The van der Waals surface area contributed by atoms with E-state index in [1.54, 1.807) is 28.2 Å². The van der Waals surface area contributed by atoms with Crippen LogP contribution in [0.2, 0.25) is 0 Å². The van der Waals surface area contributed by atoms with Gasteiger partial charge in [-0.1, -0.05) is 0 Å². The molecule has 0 radical (unpaired) electrons.